The molecular weight excluding hydrogens is 463 g/mol. The van der Waals surface area contributed by atoms with E-state index in [0.29, 0.717) is 16.6 Å². The summed E-state index contributed by atoms with van der Waals surface area (Å²) in [5, 5.41) is 10.3. The van der Waals surface area contributed by atoms with Gasteiger partial charge >= 0.3 is 0 Å². The minimum absolute atomic E-state index is 0.0622. The van der Waals surface area contributed by atoms with Gasteiger partial charge in [-0.05, 0) is 89.3 Å². The molecule has 0 radical (unpaired) electrons. The lowest BCUT2D eigenvalue weighted by molar-refractivity contribution is -0.122. The van der Waals surface area contributed by atoms with Crippen LogP contribution in [-0.2, 0) is 4.79 Å². The summed E-state index contributed by atoms with van der Waals surface area (Å²) in [5.74, 6) is 0.932. The summed E-state index contributed by atoms with van der Waals surface area (Å²) in [5.41, 5.74) is 1.63. The summed E-state index contributed by atoms with van der Waals surface area (Å²) >= 11 is 3.42. The van der Waals surface area contributed by atoms with Gasteiger partial charge in [0.15, 0.2) is 5.17 Å². The van der Waals surface area contributed by atoms with Gasteiger partial charge in [-0.2, -0.15) is 0 Å². The molecule has 0 spiro atoms. The number of carbonyl (C=O) groups excluding carboxylic acids is 1. The third kappa shape index (κ3) is 4.04. The second kappa shape index (κ2) is 8.13. The molecule has 1 aliphatic rings. The fourth-order valence-electron chi connectivity index (χ4n) is 2.40. The number of benzene rings is 2. The molecule has 1 fully saturated rings. The van der Waals surface area contributed by atoms with Crippen LogP contribution in [0.25, 0.3) is 6.08 Å². The van der Waals surface area contributed by atoms with Crippen molar-refractivity contribution in [3.05, 3.63) is 56.5 Å². The molecule has 0 saturated carbocycles. The molecule has 0 unspecified atom stereocenters. The van der Waals surface area contributed by atoms with Crippen LogP contribution in [0, 0.1) is 3.57 Å². The molecule has 2 aromatic rings. The number of phenolic OH excluding ortho intramolecular Hbond substituents is 1. The van der Waals surface area contributed by atoms with E-state index in [-0.39, 0.29) is 11.7 Å². The number of hydrogen-bond donors (Lipinski definition) is 1. The number of hydrogen-bond acceptors (Lipinski definition) is 5. The number of aromatic hydroxyl groups is 1. The number of halogens is 1. The number of thioether (sulfide) groups is 1. The van der Waals surface area contributed by atoms with Crippen LogP contribution in [0.5, 0.6) is 11.5 Å². The first kappa shape index (κ1) is 18.8. The Morgan fingerprint density at radius 3 is 2.62 bits per heavy atom. The fourth-order valence-corrected chi connectivity index (χ4v) is 4.00. The van der Waals surface area contributed by atoms with Crippen LogP contribution < -0.4 is 4.74 Å². The standard InChI is InChI=1S/C19H17IN2O3S/c1-3-22-18(24)17(11-12-4-9-16(23)15(20)10-12)26-19(22)21-13-5-7-14(25-2)8-6-13/h4-11,23H,3H2,1-2H3/b17-11-,21-19?. The minimum Gasteiger partial charge on any atom is -0.507 e. The fraction of sp³-hybridized carbons (Fsp3) is 0.158. The molecule has 1 amide bonds. The molecule has 1 N–H and O–H groups in total. The molecule has 0 atom stereocenters. The molecule has 1 heterocycles. The van der Waals surface area contributed by atoms with Crippen molar-refractivity contribution in [1.82, 2.24) is 4.90 Å². The molecule has 5 nitrogen and oxygen atoms in total. The third-order valence-corrected chi connectivity index (χ3v) is 5.64. The van der Waals surface area contributed by atoms with Crippen molar-refractivity contribution in [1.29, 1.82) is 0 Å². The van der Waals surface area contributed by atoms with E-state index in [0.717, 1.165) is 20.6 Å². The van der Waals surface area contributed by atoms with Crippen molar-refractivity contribution in [3.8, 4) is 11.5 Å². The van der Waals surface area contributed by atoms with Crippen molar-refractivity contribution >= 4 is 57.2 Å². The summed E-state index contributed by atoms with van der Waals surface area (Å²) in [4.78, 5) is 19.6. The highest BCUT2D eigenvalue weighted by atomic mass is 127. The highest BCUT2D eigenvalue weighted by Gasteiger charge is 2.32. The van der Waals surface area contributed by atoms with Crippen LogP contribution in [0.4, 0.5) is 5.69 Å². The van der Waals surface area contributed by atoms with Crippen LogP contribution in [0.2, 0.25) is 0 Å². The van der Waals surface area contributed by atoms with Gasteiger partial charge in [0.2, 0.25) is 0 Å². The maximum atomic E-state index is 12.7. The molecule has 1 aliphatic heterocycles. The number of ether oxygens (including phenoxy) is 1. The van der Waals surface area contributed by atoms with E-state index in [1.165, 1.54) is 11.8 Å². The smallest absolute Gasteiger partial charge is 0.266 e. The van der Waals surface area contributed by atoms with Crippen LogP contribution in [0.1, 0.15) is 12.5 Å². The van der Waals surface area contributed by atoms with E-state index in [4.69, 9.17) is 4.74 Å². The Bertz CT molecular complexity index is 894. The van der Waals surface area contributed by atoms with Gasteiger partial charge in [-0.1, -0.05) is 6.07 Å². The van der Waals surface area contributed by atoms with Crippen molar-refractivity contribution in [2.24, 2.45) is 4.99 Å². The van der Waals surface area contributed by atoms with Crippen LogP contribution in [0.3, 0.4) is 0 Å². The number of amides is 1. The zero-order valence-corrected chi connectivity index (χ0v) is 17.2. The number of carbonyl (C=O) groups is 1. The van der Waals surface area contributed by atoms with Gasteiger partial charge in [0.1, 0.15) is 11.5 Å². The number of phenols is 1. The largest absolute Gasteiger partial charge is 0.507 e. The lowest BCUT2D eigenvalue weighted by Gasteiger charge is -2.12. The Labute approximate surface area is 169 Å². The number of rotatable bonds is 4. The Hall–Kier alpha value is -2.00. The summed E-state index contributed by atoms with van der Waals surface area (Å²) in [6.45, 7) is 2.47. The molecule has 0 aromatic heterocycles. The van der Waals surface area contributed by atoms with Gasteiger partial charge in [-0.3, -0.25) is 9.69 Å². The lowest BCUT2D eigenvalue weighted by Crippen LogP contribution is -2.28. The summed E-state index contributed by atoms with van der Waals surface area (Å²) < 4.78 is 5.90. The highest BCUT2D eigenvalue weighted by Crippen LogP contribution is 2.34. The second-order valence-corrected chi connectivity index (χ2v) is 7.63. The van der Waals surface area contributed by atoms with E-state index in [2.05, 4.69) is 27.6 Å². The molecule has 0 bridgehead atoms. The average molecular weight is 480 g/mol. The molecule has 7 heteroatoms. The number of amidine groups is 1. The molecule has 3 rings (SSSR count). The van der Waals surface area contributed by atoms with Crippen LogP contribution in [-0.4, -0.2) is 34.7 Å². The zero-order chi connectivity index (χ0) is 18.7. The Morgan fingerprint density at radius 1 is 1.27 bits per heavy atom. The molecule has 2 aromatic carbocycles. The number of aliphatic imine (C=N–C) groups is 1. The maximum Gasteiger partial charge on any atom is 0.266 e. The summed E-state index contributed by atoms with van der Waals surface area (Å²) in [7, 11) is 1.62. The van der Waals surface area contributed by atoms with Crippen LogP contribution >= 0.6 is 34.4 Å². The average Bonchev–Trinajstić information content (AvgIpc) is 2.93. The van der Waals surface area contributed by atoms with Gasteiger partial charge in [0.05, 0.1) is 21.3 Å². The van der Waals surface area contributed by atoms with E-state index >= 15 is 0 Å². The predicted octanol–water partition coefficient (Wildman–Crippen LogP) is 4.63. The Morgan fingerprint density at radius 2 is 2.00 bits per heavy atom. The molecule has 0 aliphatic carbocycles. The van der Waals surface area contributed by atoms with E-state index in [1.807, 2.05) is 43.3 Å². The predicted molar refractivity (Wildman–Crippen MR) is 114 cm³/mol. The van der Waals surface area contributed by atoms with Gasteiger partial charge in [0.25, 0.3) is 5.91 Å². The normalized spacial score (nSPS) is 17.3. The van der Waals surface area contributed by atoms with Gasteiger partial charge in [-0.25, -0.2) is 4.99 Å². The van der Waals surface area contributed by atoms with Gasteiger partial charge in [-0.15, -0.1) is 0 Å². The van der Waals surface area contributed by atoms with Gasteiger partial charge in [0, 0.05) is 6.54 Å². The summed E-state index contributed by atoms with van der Waals surface area (Å²) in [6, 6.07) is 12.6. The lowest BCUT2D eigenvalue weighted by atomic mass is 10.2. The third-order valence-electron chi connectivity index (χ3n) is 3.77. The molecule has 134 valence electrons. The Kier molecular flexibility index (Phi) is 5.87. The van der Waals surface area contributed by atoms with Crippen molar-refractivity contribution in [2.75, 3.05) is 13.7 Å². The van der Waals surface area contributed by atoms with Crippen molar-refractivity contribution in [3.63, 3.8) is 0 Å². The molecule has 1 saturated heterocycles. The number of methoxy groups -OCH3 is 1. The number of likely N-dealkylation sites (N-methyl/N-ethyl adjacent to an activating group) is 1. The molecule has 26 heavy (non-hydrogen) atoms. The first-order chi connectivity index (χ1) is 12.5. The van der Waals surface area contributed by atoms with Crippen LogP contribution in [0.15, 0.2) is 52.4 Å². The molecular formula is C19H17IN2O3S. The zero-order valence-electron chi connectivity index (χ0n) is 14.3. The SMILES string of the molecule is CCN1C(=O)/C(=C/c2ccc(O)c(I)c2)SC1=Nc1ccc(OC)cc1. The Balaban J connectivity index is 1.90. The van der Waals surface area contributed by atoms with E-state index < -0.39 is 0 Å². The first-order valence-corrected chi connectivity index (χ1v) is 9.84. The second-order valence-electron chi connectivity index (χ2n) is 5.46. The maximum absolute atomic E-state index is 12.7. The highest BCUT2D eigenvalue weighted by molar-refractivity contribution is 14.1. The van der Waals surface area contributed by atoms with Crippen molar-refractivity contribution in [2.45, 2.75) is 6.92 Å². The van der Waals surface area contributed by atoms with Crippen molar-refractivity contribution < 1.29 is 14.6 Å². The number of nitrogens with zero attached hydrogens (tertiary/aromatic N) is 2. The quantitative estimate of drug-likeness (QED) is 0.512. The monoisotopic (exact) mass is 480 g/mol. The minimum atomic E-state index is -0.0622. The first-order valence-electron chi connectivity index (χ1n) is 7.94. The van der Waals surface area contributed by atoms with E-state index in [1.54, 1.807) is 24.1 Å². The topological polar surface area (TPSA) is 62.1 Å². The summed E-state index contributed by atoms with van der Waals surface area (Å²) in [6.07, 6.45) is 1.83. The van der Waals surface area contributed by atoms with Gasteiger partial charge < -0.3 is 9.84 Å². The van der Waals surface area contributed by atoms with E-state index in [9.17, 15) is 9.90 Å².